The molecule has 0 aromatic heterocycles. The van der Waals surface area contributed by atoms with Crippen molar-refractivity contribution in [3.05, 3.63) is 34.9 Å². The fourth-order valence-corrected chi connectivity index (χ4v) is 5.76. The lowest BCUT2D eigenvalue weighted by molar-refractivity contribution is -0.136. The van der Waals surface area contributed by atoms with Crippen LogP contribution in [0, 0.1) is 11.3 Å². The largest absolute Gasteiger partial charge is 0.396 e. The van der Waals surface area contributed by atoms with Gasteiger partial charge in [-0.2, -0.15) is 0 Å². The predicted molar refractivity (Wildman–Crippen MR) is 108 cm³/mol. The van der Waals surface area contributed by atoms with Gasteiger partial charge in [0.05, 0.1) is 6.61 Å². The van der Waals surface area contributed by atoms with Crippen molar-refractivity contribution >= 4 is 17.7 Å². The first-order valence-electron chi connectivity index (χ1n) is 10.8. The molecule has 4 heterocycles. The number of hydrogen-bond acceptors (Lipinski definition) is 6. The van der Waals surface area contributed by atoms with E-state index in [4.69, 9.17) is 0 Å². The Hall–Kier alpha value is -2.29. The average Bonchev–Trinajstić information content (AvgIpc) is 3.26. The Bertz CT molecular complexity index is 903. The number of carbonyl (C=O) groups is 3. The van der Waals surface area contributed by atoms with Crippen LogP contribution in [0.3, 0.4) is 0 Å². The summed E-state index contributed by atoms with van der Waals surface area (Å²) in [6.45, 7) is 4.87. The van der Waals surface area contributed by atoms with E-state index in [2.05, 4.69) is 15.5 Å². The van der Waals surface area contributed by atoms with Crippen molar-refractivity contribution in [1.82, 2.24) is 20.4 Å². The van der Waals surface area contributed by atoms with Crippen LogP contribution in [0.15, 0.2) is 18.2 Å². The van der Waals surface area contributed by atoms with Gasteiger partial charge in [0.15, 0.2) is 0 Å². The maximum atomic E-state index is 13.3. The second kappa shape index (κ2) is 7.44. The van der Waals surface area contributed by atoms with Crippen LogP contribution in [0.2, 0.25) is 0 Å². The molecule has 3 fully saturated rings. The molecule has 0 saturated carbocycles. The first kappa shape index (κ1) is 19.7. The van der Waals surface area contributed by atoms with E-state index < -0.39 is 6.04 Å². The Balaban J connectivity index is 1.35. The SMILES string of the molecule is O=C1CCC(N2Cc3cccc(CN4CC5CNCCC5(CO)C4)c3C2=O)C(=O)N1. The summed E-state index contributed by atoms with van der Waals surface area (Å²) >= 11 is 0. The van der Waals surface area contributed by atoms with Crippen LogP contribution >= 0.6 is 0 Å². The molecule has 0 bridgehead atoms. The fraction of sp³-hybridized carbons (Fsp3) is 0.591. The summed E-state index contributed by atoms with van der Waals surface area (Å²) in [6, 6.07) is 5.33. The van der Waals surface area contributed by atoms with Gasteiger partial charge in [-0.05, 0) is 43.0 Å². The number of carbonyl (C=O) groups excluding carboxylic acids is 3. The predicted octanol–water partition coefficient (Wildman–Crippen LogP) is -0.149. The molecule has 8 nitrogen and oxygen atoms in total. The van der Waals surface area contributed by atoms with Crippen LogP contribution in [0.1, 0.15) is 40.7 Å². The summed E-state index contributed by atoms with van der Waals surface area (Å²) in [7, 11) is 0. The minimum Gasteiger partial charge on any atom is -0.396 e. The van der Waals surface area contributed by atoms with Gasteiger partial charge in [-0.3, -0.25) is 24.6 Å². The highest BCUT2D eigenvalue weighted by atomic mass is 16.3. The third-order valence-electron chi connectivity index (χ3n) is 7.42. The number of amides is 3. The van der Waals surface area contributed by atoms with Gasteiger partial charge >= 0.3 is 0 Å². The van der Waals surface area contributed by atoms with E-state index in [0.29, 0.717) is 31.0 Å². The maximum absolute atomic E-state index is 13.3. The average molecular weight is 412 g/mol. The highest BCUT2D eigenvalue weighted by Crippen LogP contribution is 2.41. The Labute approximate surface area is 175 Å². The zero-order valence-corrected chi connectivity index (χ0v) is 17.0. The molecule has 3 N–H and O–H groups in total. The van der Waals surface area contributed by atoms with Crippen LogP contribution in [-0.4, -0.2) is 71.5 Å². The number of hydrogen-bond donors (Lipinski definition) is 3. The molecule has 0 aliphatic carbocycles. The molecule has 3 amide bonds. The van der Waals surface area contributed by atoms with Crippen molar-refractivity contribution in [1.29, 1.82) is 0 Å². The number of nitrogens with one attached hydrogen (secondary N) is 2. The molecule has 1 aromatic carbocycles. The van der Waals surface area contributed by atoms with Crippen molar-refractivity contribution in [2.75, 3.05) is 32.8 Å². The monoisotopic (exact) mass is 412 g/mol. The van der Waals surface area contributed by atoms with Gasteiger partial charge in [0.2, 0.25) is 11.8 Å². The summed E-state index contributed by atoms with van der Waals surface area (Å²) in [4.78, 5) is 41.0. The van der Waals surface area contributed by atoms with Gasteiger partial charge in [-0.1, -0.05) is 18.2 Å². The third-order valence-corrected chi connectivity index (χ3v) is 7.42. The lowest BCUT2D eigenvalue weighted by Crippen LogP contribution is -2.52. The molecule has 1 aromatic rings. The van der Waals surface area contributed by atoms with Gasteiger partial charge in [-0.25, -0.2) is 0 Å². The Kier molecular flexibility index (Phi) is 4.88. The topological polar surface area (TPSA) is 102 Å². The zero-order valence-electron chi connectivity index (χ0n) is 17.0. The number of fused-ring (bicyclic) bond motifs is 2. The Morgan fingerprint density at radius 1 is 1.23 bits per heavy atom. The summed E-state index contributed by atoms with van der Waals surface area (Å²) in [6.07, 6.45) is 1.61. The molecular formula is C22H28N4O4. The normalized spacial score (nSPS) is 31.6. The maximum Gasteiger partial charge on any atom is 0.255 e. The second-order valence-corrected chi connectivity index (χ2v) is 9.19. The van der Waals surface area contributed by atoms with Crippen LogP contribution < -0.4 is 10.6 Å². The smallest absolute Gasteiger partial charge is 0.255 e. The quantitative estimate of drug-likeness (QED) is 0.595. The van der Waals surface area contributed by atoms with Crippen molar-refractivity contribution in [2.24, 2.45) is 11.3 Å². The summed E-state index contributed by atoms with van der Waals surface area (Å²) in [5.41, 5.74) is 2.57. The van der Waals surface area contributed by atoms with E-state index >= 15 is 0 Å². The number of imide groups is 1. The Morgan fingerprint density at radius 3 is 2.87 bits per heavy atom. The van der Waals surface area contributed by atoms with Crippen molar-refractivity contribution < 1.29 is 19.5 Å². The lowest BCUT2D eigenvalue weighted by Gasteiger charge is -2.37. The van der Waals surface area contributed by atoms with Gasteiger partial charge in [0.1, 0.15) is 6.04 Å². The number of aliphatic hydroxyl groups excluding tert-OH is 1. The van der Waals surface area contributed by atoms with Crippen LogP contribution in [0.5, 0.6) is 0 Å². The minimum atomic E-state index is -0.589. The van der Waals surface area contributed by atoms with Gasteiger partial charge in [0.25, 0.3) is 5.91 Å². The number of nitrogens with zero attached hydrogens (tertiary/aromatic N) is 2. The molecule has 0 spiro atoms. The number of likely N-dealkylation sites (tertiary alicyclic amines) is 1. The fourth-order valence-electron chi connectivity index (χ4n) is 5.76. The van der Waals surface area contributed by atoms with Gasteiger partial charge < -0.3 is 15.3 Å². The molecule has 0 radical (unpaired) electrons. The van der Waals surface area contributed by atoms with Crippen molar-refractivity contribution in [3.63, 3.8) is 0 Å². The zero-order chi connectivity index (χ0) is 20.9. The molecule has 3 saturated heterocycles. The molecule has 160 valence electrons. The van der Waals surface area contributed by atoms with E-state index in [-0.39, 0.29) is 36.2 Å². The van der Waals surface area contributed by atoms with Crippen LogP contribution in [-0.2, 0) is 22.7 Å². The number of aliphatic hydroxyl groups is 1. The standard InChI is InChI=1S/C22H28N4O4/c27-13-22-6-7-23-8-16(22)11-25(12-22)9-14-2-1-3-15-10-26(21(30)19(14)15)17-4-5-18(28)24-20(17)29/h1-3,16-17,23,27H,4-13H2,(H,24,28,29). The van der Waals surface area contributed by atoms with E-state index in [9.17, 15) is 19.5 Å². The number of rotatable bonds is 4. The van der Waals surface area contributed by atoms with E-state index in [1.807, 2.05) is 18.2 Å². The van der Waals surface area contributed by atoms with Crippen LogP contribution in [0.4, 0.5) is 0 Å². The van der Waals surface area contributed by atoms with Gasteiger partial charge in [0, 0.05) is 43.6 Å². The van der Waals surface area contributed by atoms with E-state index in [1.165, 1.54) is 0 Å². The first-order valence-corrected chi connectivity index (χ1v) is 10.8. The minimum absolute atomic E-state index is 0.0496. The highest BCUT2D eigenvalue weighted by Gasteiger charge is 2.47. The molecule has 30 heavy (non-hydrogen) atoms. The Morgan fingerprint density at radius 2 is 2.10 bits per heavy atom. The summed E-state index contributed by atoms with van der Waals surface area (Å²) in [5.74, 6) is -0.354. The number of piperidine rings is 2. The molecule has 3 unspecified atom stereocenters. The highest BCUT2D eigenvalue weighted by molar-refractivity contribution is 6.05. The first-order chi connectivity index (χ1) is 14.5. The number of benzene rings is 1. The van der Waals surface area contributed by atoms with E-state index in [1.54, 1.807) is 4.90 Å². The lowest BCUT2D eigenvalue weighted by atomic mass is 9.74. The molecule has 4 aliphatic rings. The van der Waals surface area contributed by atoms with Crippen molar-refractivity contribution in [2.45, 2.75) is 38.4 Å². The van der Waals surface area contributed by atoms with Crippen LogP contribution in [0.25, 0.3) is 0 Å². The molecular weight excluding hydrogens is 384 g/mol. The second-order valence-electron chi connectivity index (χ2n) is 9.19. The molecule has 8 heteroatoms. The van der Waals surface area contributed by atoms with Crippen molar-refractivity contribution in [3.8, 4) is 0 Å². The summed E-state index contributed by atoms with van der Waals surface area (Å²) < 4.78 is 0. The third kappa shape index (κ3) is 3.14. The van der Waals surface area contributed by atoms with Gasteiger partial charge in [-0.15, -0.1) is 0 Å². The summed E-state index contributed by atoms with van der Waals surface area (Å²) in [5, 5.41) is 15.9. The molecule has 4 aliphatic heterocycles. The molecule has 3 atom stereocenters. The van der Waals surface area contributed by atoms with E-state index in [0.717, 1.165) is 43.7 Å². The molecule has 5 rings (SSSR count).